The van der Waals surface area contributed by atoms with Crippen LogP contribution in [0.25, 0.3) is 15.0 Å². The molecule has 1 unspecified atom stereocenters. The number of hydrogen-bond donors (Lipinski definition) is 0. The van der Waals surface area contributed by atoms with Crippen LogP contribution in [0.15, 0.2) is 58.8 Å². The first-order valence-electron chi connectivity index (χ1n) is 6.26. The van der Waals surface area contributed by atoms with E-state index in [1.165, 1.54) is 6.07 Å². The predicted octanol–water partition coefficient (Wildman–Crippen LogP) is 6.32. The zero-order valence-corrected chi connectivity index (χ0v) is 12.8. The molecular formula is C16H12F3S2+. The largest absolute Gasteiger partial charge is 0.417 e. The molecule has 0 aliphatic carbocycles. The van der Waals surface area contributed by atoms with Crippen molar-refractivity contribution in [2.24, 2.45) is 0 Å². The topological polar surface area (TPSA) is 0 Å². The summed E-state index contributed by atoms with van der Waals surface area (Å²) in [5, 5.41) is 3.07. The van der Waals surface area contributed by atoms with E-state index in [9.17, 15) is 13.2 Å². The maximum Gasteiger partial charge on any atom is 0.417 e. The highest BCUT2D eigenvalue weighted by atomic mass is 32.2. The van der Waals surface area contributed by atoms with E-state index < -0.39 is 22.2 Å². The fraction of sp³-hybridized carbons (Fsp3) is 0.125. The Labute approximate surface area is 127 Å². The Morgan fingerprint density at radius 3 is 2.48 bits per heavy atom. The zero-order valence-electron chi connectivity index (χ0n) is 11.1. The van der Waals surface area contributed by atoms with Crippen molar-refractivity contribution >= 4 is 32.3 Å². The minimum Gasteiger partial charge on any atom is -0.166 e. The molecule has 1 aromatic heterocycles. The van der Waals surface area contributed by atoms with Crippen molar-refractivity contribution in [1.29, 1.82) is 0 Å². The van der Waals surface area contributed by atoms with E-state index in [1.54, 1.807) is 18.4 Å². The lowest BCUT2D eigenvalue weighted by Crippen LogP contribution is -2.06. The Hall–Kier alpha value is -1.46. The van der Waals surface area contributed by atoms with Gasteiger partial charge in [0.05, 0.1) is 5.56 Å². The van der Waals surface area contributed by atoms with Crippen LogP contribution < -0.4 is 0 Å². The number of thioether (sulfide) groups is 1. The van der Waals surface area contributed by atoms with Gasteiger partial charge in [0.2, 0.25) is 0 Å². The summed E-state index contributed by atoms with van der Waals surface area (Å²) in [5.41, 5.74) is -0.544. The molecule has 0 amide bonds. The third kappa shape index (κ3) is 2.68. The van der Waals surface area contributed by atoms with Gasteiger partial charge in [-0.3, -0.25) is 0 Å². The van der Waals surface area contributed by atoms with Crippen LogP contribution in [0.3, 0.4) is 0 Å². The number of hydrogen-bond acceptors (Lipinski definition) is 1. The zero-order chi connectivity index (χ0) is 15.0. The molecule has 0 N–H and O–H groups in total. The summed E-state index contributed by atoms with van der Waals surface area (Å²) >= 11 is 1.12. The van der Waals surface area contributed by atoms with E-state index in [4.69, 9.17) is 0 Å². The molecule has 1 atom stereocenters. The van der Waals surface area contributed by atoms with E-state index in [0.717, 1.165) is 21.8 Å². The molecule has 21 heavy (non-hydrogen) atoms. The predicted molar refractivity (Wildman–Crippen MR) is 84.5 cm³/mol. The highest BCUT2D eigenvalue weighted by molar-refractivity contribution is 7.98. The van der Waals surface area contributed by atoms with Crippen LogP contribution in [0.2, 0.25) is 0 Å². The first kappa shape index (κ1) is 14.5. The molecule has 2 aromatic carbocycles. The van der Waals surface area contributed by atoms with Crippen LogP contribution in [0.1, 0.15) is 5.56 Å². The highest BCUT2D eigenvalue weighted by Crippen LogP contribution is 2.44. The van der Waals surface area contributed by atoms with Crippen molar-refractivity contribution in [1.82, 2.24) is 0 Å². The second-order valence-corrected chi connectivity index (χ2v) is 7.25. The minimum atomic E-state index is -4.32. The van der Waals surface area contributed by atoms with Crippen molar-refractivity contribution in [2.75, 3.05) is 6.26 Å². The van der Waals surface area contributed by atoms with Gasteiger partial charge in [-0.1, -0.05) is 12.1 Å². The Kier molecular flexibility index (Phi) is 3.71. The first-order valence-corrected chi connectivity index (χ1v) is 8.77. The Balaban J connectivity index is 2.19. The summed E-state index contributed by atoms with van der Waals surface area (Å²) < 4.78 is 40.6. The third-order valence-corrected chi connectivity index (χ3v) is 6.08. The number of fused-ring (bicyclic) bond motifs is 1. The Morgan fingerprint density at radius 2 is 1.76 bits per heavy atom. The fourth-order valence-electron chi connectivity index (χ4n) is 2.28. The average molecular weight is 325 g/mol. The minimum absolute atomic E-state index is 0.270. The van der Waals surface area contributed by atoms with Gasteiger partial charge in [0.25, 0.3) is 0 Å². The summed E-state index contributed by atoms with van der Waals surface area (Å²) in [6.07, 6.45) is -2.65. The van der Waals surface area contributed by atoms with Gasteiger partial charge in [-0.25, -0.2) is 0 Å². The molecular weight excluding hydrogens is 313 g/mol. The second-order valence-electron chi connectivity index (χ2n) is 4.54. The van der Waals surface area contributed by atoms with E-state index in [-0.39, 0.29) is 4.90 Å². The summed E-state index contributed by atoms with van der Waals surface area (Å²) in [6, 6.07) is 14.5. The van der Waals surface area contributed by atoms with Crippen molar-refractivity contribution in [3.63, 3.8) is 0 Å². The lowest BCUT2D eigenvalue weighted by Gasteiger charge is -2.10. The molecule has 0 bridgehead atoms. The number of halogens is 3. The SMILES string of the molecule is CSc1ccc(-[s+]2ccc3ccccc32)cc1C(F)(F)F. The second kappa shape index (κ2) is 5.39. The van der Waals surface area contributed by atoms with Crippen molar-refractivity contribution < 1.29 is 13.2 Å². The lowest BCUT2D eigenvalue weighted by molar-refractivity contribution is -0.139. The van der Waals surface area contributed by atoms with Gasteiger partial charge in [0.15, 0.2) is 9.60 Å². The molecule has 0 aliphatic rings. The van der Waals surface area contributed by atoms with Crippen molar-refractivity contribution in [3.8, 4) is 4.90 Å². The third-order valence-electron chi connectivity index (χ3n) is 3.27. The quantitative estimate of drug-likeness (QED) is 0.392. The number of alkyl halides is 3. The van der Waals surface area contributed by atoms with Gasteiger partial charge in [0.1, 0.15) is 5.38 Å². The number of benzene rings is 2. The molecule has 108 valence electrons. The van der Waals surface area contributed by atoms with Crippen molar-refractivity contribution in [2.45, 2.75) is 11.1 Å². The van der Waals surface area contributed by atoms with Gasteiger partial charge in [-0.15, -0.1) is 11.8 Å². The maximum atomic E-state index is 13.2. The molecule has 0 saturated heterocycles. The first-order chi connectivity index (χ1) is 10.0. The van der Waals surface area contributed by atoms with Gasteiger partial charge in [-0.05, 0) is 30.5 Å². The Bertz CT molecular complexity index is 788. The Morgan fingerprint density at radius 1 is 1.00 bits per heavy atom. The normalized spacial score (nSPS) is 12.9. The van der Waals surface area contributed by atoms with E-state index in [0.29, 0.717) is 4.90 Å². The molecule has 0 aliphatic heterocycles. The highest BCUT2D eigenvalue weighted by Gasteiger charge is 2.34. The van der Waals surface area contributed by atoms with Crippen LogP contribution in [0.5, 0.6) is 0 Å². The monoisotopic (exact) mass is 325 g/mol. The van der Waals surface area contributed by atoms with Crippen LogP contribution in [0.4, 0.5) is 13.2 Å². The summed E-state index contributed by atoms with van der Waals surface area (Å²) in [6.45, 7) is 0. The molecule has 0 fully saturated rings. The van der Waals surface area contributed by atoms with E-state index in [2.05, 4.69) is 0 Å². The lowest BCUT2D eigenvalue weighted by atomic mass is 10.2. The van der Waals surface area contributed by atoms with Crippen molar-refractivity contribution in [3.05, 3.63) is 59.5 Å². The van der Waals surface area contributed by atoms with Crippen LogP contribution in [-0.2, 0) is 6.18 Å². The van der Waals surface area contributed by atoms with Gasteiger partial charge in [-0.2, -0.15) is 13.2 Å². The molecule has 0 spiro atoms. The van der Waals surface area contributed by atoms with Crippen LogP contribution in [0, 0.1) is 0 Å². The van der Waals surface area contributed by atoms with Gasteiger partial charge >= 0.3 is 6.18 Å². The molecule has 1 heterocycles. The van der Waals surface area contributed by atoms with Crippen LogP contribution >= 0.6 is 22.2 Å². The molecule has 3 aromatic rings. The van der Waals surface area contributed by atoms with Gasteiger partial charge < -0.3 is 0 Å². The molecule has 0 radical (unpaired) electrons. The summed E-state index contributed by atoms with van der Waals surface area (Å²) in [7, 11) is -0.411. The number of thiophene rings is 1. The molecule has 3 rings (SSSR count). The molecule has 5 heteroatoms. The van der Waals surface area contributed by atoms with Crippen LogP contribution in [-0.4, -0.2) is 6.26 Å². The van der Waals surface area contributed by atoms with E-state index in [1.807, 2.05) is 35.7 Å². The van der Waals surface area contributed by atoms with E-state index >= 15 is 0 Å². The summed E-state index contributed by atoms with van der Waals surface area (Å²) in [4.78, 5) is 0.979. The average Bonchev–Trinajstić information content (AvgIpc) is 2.89. The molecule has 0 nitrogen and oxygen atoms in total. The standard InChI is InChI=1S/C16H12F3S2/c1-20-14-7-6-12(10-13(14)16(17,18)19)21-9-8-11-4-2-3-5-15(11)21/h2-10H,1H3/q+1. The molecule has 0 saturated carbocycles. The van der Waals surface area contributed by atoms with Gasteiger partial charge in [0, 0.05) is 32.9 Å². The smallest absolute Gasteiger partial charge is 0.166 e. The fourth-order valence-corrected chi connectivity index (χ4v) is 4.80. The number of rotatable bonds is 2. The maximum absolute atomic E-state index is 13.2. The summed E-state index contributed by atoms with van der Waals surface area (Å²) in [5.74, 6) is 0.